The molecule has 2 aromatic rings. The number of methoxy groups -OCH3 is 1. The molecule has 1 saturated heterocycles. The normalized spacial score (nSPS) is 21.3. The molecule has 1 unspecified atom stereocenters. The number of hydrogen-bond donors (Lipinski definition) is 1. The molecule has 2 aliphatic rings. The van der Waals surface area contributed by atoms with E-state index in [1.54, 1.807) is 23.1 Å². The number of hydrogen-bond acceptors (Lipinski definition) is 6. The Balaban J connectivity index is 1.31. The summed E-state index contributed by atoms with van der Waals surface area (Å²) in [6.07, 6.45) is 3.36. The molecule has 0 radical (unpaired) electrons. The van der Waals surface area contributed by atoms with Gasteiger partial charge in [-0.2, -0.15) is 0 Å². The van der Waals surface area contributed by atoms with Crippen molar-refractivity contribution in [2.45, 2.75) is 58.6 Å². The van der Waals surface area contributed by atoms with Crippen LogP contribution in [0.25, 0.3) is 10.9 Å². The summed E-state index contributed by atoms with van der Waals surface area (Å²) >= 11 is 0. The van der Waals surface area contributed by atoms with Gasteiger partial charge < -0.3 is 24.3 Å². The van der Waals surface area contributed by atoms with Crippen molar-refractivity contribution in [2.24, 2.45) is 11.8 Å². The first-order valence-corrected chi connectivity index (χ1v) is 12.9. The summed E-state index contributed by atoms with van der Waals surface area (Å²) < 4.78 is 11.9. The Morgan fingerprint density at radius 1 is 1.06 bits per heavy atom. The number of nitrogens with one attached hydrogen (secondary N) is 1. The minimum Gasteiger partial charge on any atom is -0.497 e. The highest BCUT2D eigenvalue weighted by atomic mass is 16.6. The number of aromatic amines is 1. The fourth-order valence-electron chi connectivity index (χ4n) is 5.07. The Hall–Kier alpha value is -3.30. The molecular weight excluding hydrogens is 464 g/mol. The summed E-state index contributed by atoms with van der Waals surface area (Å²) in [5, 5.41) is 0.421. The third-order valence-corrected chi connectivity index (χ3v) is 7.55. The van der Waals surface area contributed by atoms with E-state index in [1.807, 2.05) is 18.7 Å². The van der Waals surface area contributed by atoms with Gasteiger partial charge >= 0.3 is 11.8 Å². The Morgan fingerprint density at radius 2 is 1.72 bits per heavy atom. The molecular formula is C26H36N4O6. The topological polar surface area (TPSA) is 114 Å². The standard InChI is InChI=1S/C26H36N4O6/c1-4-17(2)36-26(34)29-13-11-28(12-14-29)23(31)19-7-5-18(6-8-19)16-30-24(32)21-15-20(35-3)9-10-22(21)27-25(30)33/h9-10,15,17-19H,4-8,11-14,16H2,1-3H3,(H,27,33). The van der Waals surface area contributed by atoms with Crippen molar-refractivity contribution in [3.05, 3.63) is 39.0 Å². The van der Waals surface area contributed by atoms with Crippen molar-refractivity contribution in [3.63, 3.8) is 0 Å². The molecule has 2 fully saturated rings. The number of fused-ring (bicyclic) bond motifs is 1. The zero-order valence-corrected chi connectivity index (χ0v) is 21.3. The van der Waals surface area contributed by atoms with Crippen molar-refractivity contribution in [1.29, 1.82) is 0 Å². The molecule has 196 valence electrons. The Kier molecular flexibility index (Phi) is 8.01. The first kappa shape index (κ1) is 25.8. The molecule has 1 aromatic carbocycles. The monoisotopic (exact) mass is 500 g/mol. The second-order valence-electron chi connectivity index (χ2n) is 9.89. The average molecular weight is 501 g/mol. The predicted octanol–water partition coefficient (Wildman–Crippen LogP) is 2.58. The maximum Gasteiger partial charge on any atom is 0.410 e. The maximum atomic E-state index is 13.1. The molecule has 10 nitrogen and oxygen atoms in total. The van der Waals surface area contributed by atoms with Crippen LogP contribution in [0.1, 0.15) is 46.0 Å². The Morgan fingerprint density at radius 3 is 2.36 bits per heavy atom. The number of ether oxygens (including phenoxy) is 2. The van der Waals surface area contributed by atoms with Gasteiger partial charge in [0.2, 0.25) is 5.91 Å². The summed E-state index contributed by atoms with van der Waals surface area (Å²) in [4.78, 5) is 57.2. The lowest BCUT2D eigenvalue weighted by molar-refractivity contribution is -0.138. The van der Waals surface area contributed by atoms with Gasteiger partial charge in [-0.25, -0.2) is 9.59 Å². The molecule has 4 rings (SSSR count). The number of carbonyl (C=O) groups excluding carboxylic acids is 2. The van der Waals surface area contributed by atoms with Gasteiger partial charge in [-0.1, -0.05) is 6.92 Å². The molecule has 1 aromatic heterocycles. The van der Waals surface area contributed by atoms with Crippen LogP contribution in [0.2, 0.25) is 0 Å². The molecule has 2 amide bonds. The molecule has 1 atom stereocenters. The number of nitrogens with zero attached hydrogens (tertiary/aromatic N) is 3. The van der Waals surface area contributed by atoms with Crippen LogP contribution in [0.4, 0.5) is 4.79 Å². The van der Waals surface area contributed by atoms with Crippen LogP contribution in [0, 0.1) is 11.8 Å². The SMILES string of the molecule is CCC(C)OC(=O)N1CCN(C(=O)C2CCC(Cn3c(=O)[nH]c4ccc(OC)cc4c3=O)CC2)CC1. The molecule has 0 bridgehead atoms. The fourth-order valence-corrected chi connectivity index (χ4v) is 5.07. The second-order valence-corrected chi connectivity index (χ2v) is 9.89. The van der Waals surface area contributed by atoms with E-state index in [0.29, 0.717) is 49.4 Å². The third-order valence-electron chi connectivity index (χ3n) is 7.55. The lowest BCUT2D eigenvalue weighted by atomic mass is 9.81. The van der Waals surface area contributed by atoms with Crippen LogP contribution in [0.3, 0.4) is 0 Å². The van der Waals surface area contributed by atoms with Gasteiger partial charge in [-0.3, -0.25) is 14.2 Å². The first-order valence-electron chi connectivity index (χ1n) is 12.9. The fraction of sp³-hybridized carbons (Fsp3) is 0.615. The van der Waals surface area contributed by atoms with Gasteiger partial charge in [-0.05, 0) is 63.1 Å². The number of amides is 2. The van der Waals surface area contributed by atoms with Gasteiger partial charge in [0.25, 0.3) is 5.56 Å². The van der Waals surface area contributed by atoms with Gasteiger partial charge in [0.15, 0.2) is 0 Å². The highest BCUT2D eigenvalue weighted by Gasteiger charge is 2.32. The van der Waals surface area contributed by atoms with Crippen molar-refractivity contribution in [1.82, 2.24) is 19.4 Å². The number of rotatable bonds is 6. The van der Waals surface area contributed by atoms with Crippen molar-refractivity contribution in [3.8, 4) is 5.75 Å². The molecule has 2 heterocycles. The van der Waals surface area contributed by atoms with Crippen molar-refractivity contribution >= 4 is 22.9 Å². The van der Waals surface area contributed by atoms with Crippen LogP contribution < -0.4 is 16.0 Å². The average Bonchev–Trinajstić information content (AvgIpc) is 2.90. The molecule has 1 saturated carbocycles. The van der Waals surface area contributed by atoms with E-state index in [2.05, 4.69) is 4.98 Å². The van der Waals surface area contributed by atoms with E-state index in [9.17, 15) is 19.2 Å². The summed E-state index contributed by atoms with van der Waals surface area (Å²) in [5.41, 5.74) is -0.249. The summed E-state index contributed by atoms with van der Waals surface area (Å²) in [6, 6.07) is 5.02. The van der Waals surface area contributed by atoms with Crippen LogP contribution in [-0.2, 0) is 16.1 Å². The highest BCUT2D eigenvalue weighted by molar-refractivity contribution is 5.80. The van der Waals surface area contributed by atoms with Crippen molar-refractivity contribution < 1.29 is 19.1 Å². The van der Waals surface area contributed by atoms with Crippen molar-refractivity contribution in [2.75, 3.05) is 33.3 Å². The van der Waals surface area contributed by atoms with Gasteiger partial charge in [0.05, 0.1) is 18.0 Å². The first-order chi connectivity index (χ1) is 17.3. The number of carbonyl (C=O) groups is 2. The van der Waals surface area contributed by atoms with Gasteiger partial charge in [-0.15, -0.1) is 0 Å². The van der Waals surface area contributed by atoms with Crippen LogP contribution >= 0.6 is 0 Å². The summed E-state index contributed by atoms with van der Waals surface area (Å²) in [6.45, 7) is 6.17. The van der Waals surface area contributed by atoms with E-state index in [0.717, 1.165) is 32.1 Å². The van der Waals surface area contributed by atoms with Crippen LogP contribution in [0.15, 0.2) is 27.8 Å². The number of piperazine rings is 1. The smallest absolute Gasteiger partial charge is 0.410 e. The summed E-state index contributed by atoms with van der Waals surface area (Å²) in [5.74, 6) is 0.792. The number of aromatic nitrogens is 2. The molecule has 1 N–H and O–H groups in total. The van der Waals surface area contributed by atoms with E-state index >= 15 is 0 Å². The Labute approximate surface area is 210 Å². The van der Waals surface area contributed by atoms with Crippen LogP contribution in [0.5, 0.6) is 5.75 Å². The zero-order valence-electron chi connectivity index (χ0n) is 21.3. The van der Waals surface area contributed by atoms with E-state index < -0.39 is 5.69 Å². The third kappa shape index (κ3) is 5.57. The minimum absolute atomic E-state index is 0.0595. The molecule has 10 heteroatoms. The molecule has 36 heavy (non-hydrogen) atoms. The van der Waals surface area contributed by atoms with E-state index in [-0.39, 0.29) is 35.5 Å². The lowest BCUT2D eigenvalue weighted by Crippen LogP contribution is -2.52. The Bertz CT molecular complexity index is 1210. The minimum atomic E-state index is -0.416. The van der Waals surface area contributed by atoms with E-state index in [4.69, 9.17) is 9.47 Å². The number of benzene rings is 1. The van der Waals surface area contributed by atoms with Crippen LogP contribution in [-0.4, -0.2) is 70.7 Å². The van der Waals surface area contributed by atoms with E-state index in [1.165, 1.54) is 11.7 Å². The molecule has 0 spiro atoms. The maximum absolute atomic E-state index is 13.1. The summed E-state index contributed by atoms with van der Waals surface area (Å²) in [7, 11) is 1.53. The largest absolute Gasteiger partial charge is 0.497 e. The molecule has 1 aliphatic heterocycles. The van der Waals surface area contributed by atoms with Gasteiger partial charge in [0.1, 0.15) is 11.9 Å². The molecule has 1 aliphatic carbocycles. The zero-order chi connectivity index (χ0) is 25.8. The number of H-pyrrole nitrogens is 1. The second kappa shape index (κ2) is 11.2. The lowest BCUT2D eigenvalue weighted by Gasteiger charge is -2.37. The quantitative estimate of drug-likeness (QED) is 0.652. The predicted molar refractivity (Wildman–Crippen MR) is 135 cm³/mol. The highest BCUT2D eigenvalue weighted by Crippen LogP contribution is 2.31. The van der Waals surface area contributed by atoms with Gasteiger partial charge in [0, 0.05) is 38.6 Å².